The SMILES string of the molecule is Cc1ccc(C)c(COC(=O)C2(C)CC2(Cl)Cl)c1. The third kappa shape index (κ3) is 2.36. The normalized spacial score (nSPS) is 24.7. The van der Waals surface area contributed by atoms with Crippen LogP contribution in [0.5, 0.6) is 0 Å². The molecule has 0 N–H and O–H groups in total. The highest BCUT2D eigenvalue weighted by atomic mass is 35.5. The van der Waals surface area contributed by atoms with Crippen LogP contribution in [0, 0.1) is 19.3 Å². The van der Waals surface area contributed by atoms with E-state index in [0.717, 1.165) is 16.7 Å². The Morgan fingerprint density at radius 3 is 2.56 bits per heavy atom. The molecule has 1 aromatic rings. The molecule has 1 saturated carbocycles. The number of carbonyl (C=O) groups excluding carboxylic acids is 1. The summed E-state index contributed by atoms with van der Waals surface area (Å²) >= 11 is 11.9. The van der Waals surface area contributed by atoms with E-state index in [-0.39, 0.29) is 12.6 Å². The fourth-order valence-electron chi connectivity index (χ4n) is 1.88. The van der Waals surface area contributed by atoms with Gasteiger partial charge in [0.15, 0.2) is 0 Å². The average molecular weight is 287 g/mol. The molecule has 1 atom stereocenters. The maximum atomic E-state index is 11.9. The standard InChI is InChI=1S/C14H16Cl2O2/c1-9-4-5-10(2)11(6-9)7-18-12(17)13(3)8-14(13,15)16/h4-6H,7-8H2,1-3H3. The van der Waals surface area contributed by atoms with Crippen molar-refractivity contribution in [3.63, 3.8) is 0 Å². The molecule has 98 valence electrons. The van der Waals surface area contributed by atoms with E-state index >= 15 is 0 Å². The minimum atomic E-state index is -0.967. The summed E-state index contributed by atoms with van der Waals surface area (Å²) in [6.07, 6.45) is 0.453. The number of rotatable bonds is 3. The third-order valence-electron chi connectivity index (χ3n) is 3.57. The Morgan fingerprint density at radius 1 is 1.39 bits per heavy atom. The number of ether oxygens (including phenoxy) is 1. The maximum absolute atomic E-state index is 11.9. The lowest BCUT2D eigenvalue weighted by Gasteiger charge is -2.13. The van der Waals surface area contributed by atoms with Gasteiger partial charge in [0, 0.05) is 6.42 Å². The van der Waals surface area contributed by atoms with Gasteiger partial charge in [-0.2, -0.15) is 0 Å². The Hall–Kier alpha value is -0.730. The fraction of sp³-hybridized carbons (Fsp3) is 0.500. The number of carbonyl (C=O) groups is 1. The van der Waals surface area contributed by atoms with Gasteiger partial charge < -0.3 is 4.74 Å². The molecule has 0 radical (unpaired) electrons. The first-order valence-electron chi connectivity index (χ1n) is 5.87. The van der Waals surface area contributed by atoms with Crippen LogP contribution in [0.25, 0.3) is 0 Å². The van der Waals surface area contributed by atoms with Gasteiger partial charge in [0.05, 0.1) is 0 Å². The number of esters is 1. The van der Waals surface area contributed by atoms with E-state index < -0.39 is 9.75 Å². The second-order valence-electron chi connectivity index (χ2n) is 5.22. The molecule has 0 aromatic heterocycles. The third-order valence-corrected chi connectivity index (χ3v) is 4.67. The van der Waals surface area contributed by atoms with E-state index in [0.29, 0.717) is 6.42 Å². The summed E-state index contributed by atoms with van der Waals surface area (Å²) in [4.78, 5) is 11.9. The summed E-state index contributed by atoms with van der Waals surface area (Å²) in [6.45, 7) is 6.01. The second-order valence-corrected chi connectivity index (χ2v) is 6.70. The lowest BCUT2D eigenvalue weighted by Crippen LogP contribution is -2.21. The largest absolute Gasteiger partial charge is 0.460 e. The van der Waals surface area contributed by atoms with Crippen molar-refractivity contribution in [1.29, 1.82) is 0 Å². The van der Waals surface area contributed by atoms with Gasteiger partial charge in [0.1, 0.15) is 16.4 Å². The van der Waals surface area contributed by atoms with Crippen molar-refractivity contribution in [2.75, 3.05) is 0 Å². The molecule has 2 nitrogen and oxygen atoms in total. The minimum Gasteiger partial charge on any atom is -0.460 e. The van der Waals surface area contributed by atoms with Gasteiger partial charge in [-0.15, -0.1) is 23.2 Å². The molecule has 0 saturated heterocycles. The van der Waals surface area contributed by atoms with Crippen LogP contribution in [0.2, 0.25) is 0 Å². The predicted molar refractivity (Wildman–Crippen MR) is 72.9 cm³/mol. The molecule has 1 unspecified atom stereocenters. The van der Waals surface area contributed by atoms with E-state index in [2.05, 4.69) is 0 Å². The molecule has 1 aromatic carbocycles. The zero-order valence-corrected chi connectivity index (χ0v) is 12.2. The molecule has 0 bridgehead atoms. The molecule has 2 rings (SSSR count). The van der Waals surface area contributed by atoms with E-state index in [1.165, 1.54) is 0 Å². The molecule has 0 aliphatic heterocycles. The first-order valence-corrected chi connectivity index (χ1v) is 6.63. The zero-order valence-electron chi connectivity index (χ0n) is 10.7. The summed E-state index contributed by atoms with van der Waals surface area (Å²) < 4.78 is 4.35. The van der Waals surface area contributed by atoms with Gasteiger partial charge in [-0.3, -0.25) is 4.79 Å². The molecule has 1 aliphatic rings. The Labute approximate surface area is 117 Å². The van der Waals surface area contributed by atoms with Crippen molar-refractivity contribution in [3.8, 4) is 0 Å². The number of aryl methyl sites for hydroxylation is 2. The summed E-state index contributed by atoms with van der Waals surface area (Å²) in [5.41, 5.74) is 2.52. The molecule has 0 amide bonds. The van der Waals surface area contributed by atoms with Crippen LogP contribution in [0.1, 0.15) is 30.0 Å². The Kier molecular flexibility index (Phi) is 3.37. The van der Waals surface area contributed by atoms with Crippen LogP contribution >= 0.6 is 23.2 Å². The summed E-state index contributed by atoms with van der Waals surface area (Å²) in [7, 11) is 0. The van der Waals surface area contributed by atoms with Crippen molar-refractivity contribution in [2.45, 2.75) is 38.1 Å². The number of hydrogen-bond donors (Lipinski definition) is 0. The molecule has 0 spiro atoms. The van der Waals surface area contributed by atoms with Crippen LogP contribution < -0.4 is 0 Å². The number of halogens is 2. The quantitative estimate of drug-likeness (QED) is 0.622. The molecular formula is C14H16Cl2O2. The van der Waals surface area contributed by atoms with E-state index in [1.54, 1.807) is 6.92 Å². The molecule has 1 fully saturated rings. The van der Waals surface area contributed by atoms with E-state index in [1.807, 2.05) is 32.0 Å². The van der Waals surface area contributed by atoms with Gasteiger partial charge >= 0.3 is 5.97 Å². The lowest BCUT2D eigenvalue weighted by molar-refractivity contribution is -0.150. The van der Waals surface area contributed by atoms with Gasteiger partial charge in [0.2, 0.25) is 0 Å². The first-order chi connectivity index (χ1) is 8.26. The number of benzene rings is 1. The Morgan fingerprint density at radius 2 is 2.00 bits per heavy atom. The topological polar surface area (TPSA) is 26.3 Å². The van der Waals surface area contributed by atoms with Crippen LogP contribution in [0.4, 0.5) is 0 Å². The zero-order chi connectivity index (χ0) is 13.6. The average Bonchev–Trinajstić information content (AvgIpc) is 2.80. The van der Waals surface area contributed by atoms with Crippen molar-refractivity contribution in [3.05, 3.63) is 34.9 Å². The van der Waals surface area contributed by atoms with Gasteiger partial charge in [-0.25, -0.2) is 0 Å². The molecular weight excluding hydrogens is 271 g/mol. The molecule has 4 heteroatoms. The van der Waals surface area contributed by atoms with Crippen molar-refractivity contribution in [2.24, 2.45) is 5.41 Å². The van der Waals surface area contributed by atoms with Crippen molar-refractivity contribution < 1.29 is 9.53 Å². The number of alkyl halides is 2. The van der Waals surface area contributed by atoms with Crippen LogP contribution in [0.15, 0.2) is 18.2 Å². The molecule has 0 heterocycles. The van der Waals surface area contributed by atoms with Crippen molar-refractivity contribution >= 4 is 29.2 Å². The van der Waals surface area contributed by atoms with E-state index in [4.69, 9.17) is 27.9 Å². The van der Waals surface area contributed by atoms with Crippen LogP contribution in [-0.2, 0) is 16.1 Å². The van der Waals surface area contributed by atoms with E-state index in [9.17, 15) is 4.79 Å². The smallest absolute Gasteiger partial charge is 0.315 e. The van der Waals surface area contributed by atoms with Gasteiger partial charge in [0.25, 0.3) is 0 Å². The summed E-state index contributed by atoms with van der Waals surface area (Å²) in [5, 5.41) is 0. The Bertz CT molecular complexity index is 497. The second kappa shape index (κ2) is 4.43. The summed E-state index contributed by atoms with van der Waals surface area (Å²) in [5.74, 6) is -0.326. The highest BCUT2D eigenvalue weighted by molar-refractivity contribution is 6.53. The van der Waals surface area contributed by atoms with Gasteiger partial charge in [-0.1, -0.05) is 23.8 Å². The molecule has 1 aliphatic carbocycles. The van der Waals surface area contributed by atoms with Crippen LogP contribution in [0.3, 0.4) is 0 Å². The minimum absolute atomic E-state index is 0.270. The first kappa shape index (κ1) is 13.7. The monoisotopic (exact) mass is 286 g/mol. The highest BCUT2D eigenvalue weighted by Gasteiger charge is 2.69. The number of hydrogen-bond acceptors (Lipinski definition) is 2. The van der Waals surface area contributed by atoms with Crippen molar-refractivity contribution in [1.82, 2.24) is 0 Å². The lowest BCUT2D eigenvalue weighted by atomic mass is 10.1. The fourth-order valence-corrected chi connectivity index (χ4v) is 2.57. The summed E-state index contributed by atoms with van der Waals surface area (Å²) in [6, 6.07) is 6.07. The Balaban J connectivity index is 2.01. The van der Waals surface area contributed by atoms with Gasteiger partial charge in [-0.05, 0) is 31.9 Å². The van der Waals surface area contributed by atoms with Crippen LogP contribution in [-0.4, -0.2) is 10.3 Å². The predicted octanol–water partition coefficient (Wildman–Crippen LogP) is 3.93. The molecule has 18 heavy (non-hydrogen) atoms. The highest BCUT2D eigenvalue weighted by Crippen LogP contribution is 2.64. The maximum Gasteiger partial charge on any atom is 0.315 e.